The first kappa shape index (κ1) is 15.1. The molecule has 0 saturated carbocycles. The first-order valence-electron chi connectivity index (χ1n) is 6.59. The monoisotopic (exact) mass is 426 g/mol. The molecule has 0 N–H and O–H groups in total. The Morgan fingerprint density at radius 2 is 1.81 bits per heavy atom. The molecule has 0 atom stereocenters. The van der Waals surface area contributed by atoms with Crippen LogP contribution in [-0.2, 0) is 6.42 Å². The first-order valence-corrected chi connectivity index (χ1v) is 8.71. The van der Waals surface area contributed by atoms with Crippen molar-refractivity contribution in [3.8, 4) is 5.69 Å². The molecular weight excluding hydrogens is 415 g/mol. The number of hydrogen-bond acceptors (Lipinski definition) is 1. The predicted octanol–water partition coefficient (Wildman–Crippen LogP) is 5.64. The number of alkyl halides is 1. The van der Waals surface area contributed by atoms with Gasteiger partial charge in [-0.05, 0) is 42.8 Å². The van der Waals surface area contributed by atoms with Gasteiger partial charge < -0.3 is 0 Å². The summed E-state index contributed by atoms with van der Waals surface area (Å²) in [5.41, 5.74) is 4.41. The highest BCUT2D eigenvalue weighted by atomic mass is 79.9. The van der Waals surface area contributed by atoms with Crippen LogP contribution in [0.2, 0.25) is 0 Å². The quantitative estimate of drug-likeness (QED) is 0.494. The fourth-order valence-corrected chi connectivity index (χ4v) is 3.31. The molecule has 0 radical (unpaired) electrons. The van der Waals surface area contributed by atoms with Gasteiger partial charge in [0.2, 0.25) is 0 Å². The van der Waals surface area contributed by atoms with Crippen LogP contribution in [0.1, 0.15) is 11.4 Å². The van der Waals surface area contributed by atoms with Gasteiger partial charge in [0.1, 0.15) is 5.82 Å². The molecule has 0 aliphatic heterocycles. The predicted molar refractivity (Wildman–Crippen MR) is 95.6 cm³/mol. The van der Waals surface area contributed by atoms with E-state index in [4.69, 9.17) is 16.6 Å². The zero-order valence-corrected chi connectivity index (χ0v) is 15.3. The molecule has 2 nitrogen and oxygen atoms in total. The summed E-state index contributed by atoms with van der Waals surface area (Å²) in [7, 11) is 0. The van der Waals surface area contributed by atoms with Gasteiger partial charge in [0.05, 0.1) is 16.7 Å². The number of nitrogens with zero attached hydrogens (tertiary/aromatic N) is 2. The van der Waals surface area contributed by atoms with Gasteiger partial charge in [-0.3, -0.25) is 4.57 Å². The number of fused-ring (bicyclic) bond motifs is 1. The van der Waals surface area contributed by atoms with E-state index in [0.717, 1.165) is 37.9 Å². The Balaban J connectivity index is 2.33. The second kappa shape index (κ2) is 6.11. The van der Waals surface area contributed by atoms with E-state index in [9.17, 15) is 0 Å². The summed E-state index contributed by atoms with van der Waals surface area (Å²) in [4.78, 5) is 4.74. The second-order valence-electron chi connectivity index (χ2n) is 4.87. The Labute approximate surface area is 145 Å². The maximum atomic E-state index is 5.95. The van der Waals surface area contributed by atoms with Gasteiger partial charge >= 0.3 is 0 Å². The van der Waals surface area contributed by atoms with E-state index in [1.165, 1.54) is 5.56 Å². The molecule has 0 fully saturated rings. The van der Waals surface area contributed by atoms with E-state index in [-0.39, 0.29) is 0 Å². The largest absolute Gasteiger partial charge is 0.296 e. The minimum absolute atomic E-state index is 0.553. The number of aromatic nitrogens is 2. The molecule has 1 aromatic heterocycles. The SMILES string of the molecule is Cc1ccc(Br)cc1-n1c(CCCl)nc2cc(Br)ccc21. The van der Waals surface area contributed by atoms with Gasteiger partial charge in [-0.2, -0.15) is 0 Å². The molecule has 21 heavy (non-hydrogen) atoms. The van der Waals surface area contributed by atoms with Gasteiger partial charge in [0.25, 0.3) is 0 Å². The average Bonchev–Trinajstić information content (AvgIpc) is 2.79. The van der Waals surface area contributed by atoms with Crippen LogP contribution in [0.5, 0.6) is 0 Å². The average molecular weight is 429 g/mol. The normalized spacial score (nSPS) is 11.2. The molecular formula is C16H13Br2ClN2. The Morgan fingerprint density at radius 3 is 2.57 bits per heavy atom. The Kier molecular flexibility index (Phi) is 4.38. The van der Waals surface area contributed by atoms with E-state index < -0.39 is 0 Å². The van der Waals surface area contributed by atoms with Crippen LogP contribution in [0.3, 0.4) is 0 Å². The highest BCUT2D eigenvalue weighted by Crippen LogP contribution is 2.28. The highest BCUT2D eigenvalue weighted by Gasteiger charge is 2.14. The van der Waals surface area contributed by atoms with Gasteiger partial charge in [0, 0.05) is 21.2 Å². The van der Waals surface area contributed by atoms with Crippen molar-refractivity contribution in [2.45, 2.75) is 13.3 Å². The van der Waals surface area contributed by atoms with Crippen molar-refractivity contribution in [2.24, 2.45) is 0 Å². The second-order valence-corrected chi connectivity index (χ2v) is 7.08. The fourth-order valence-electron chi connectivity index (χ4n) is 2.45. The third kappa shape index (κ3) is 2.89. The van der Waals surface area contributed by atoms with E-state index in [1.54, 1.807) is 0 Å². The molecule has 0 amide bonds. The van der Waals surface area contributed by atoms with Crippen LogP contribution in [0.25, 0.3) is 16.7 Å². The van der Waals surface area contributed by atoms with Gasteiger partial charge in [-0.25, -0.2) is 4.98 Å². The number of aryl methyl sites for hydroxylation is 2. The third-order valence-electron chi connectivity index (χ3n) is 3.42. The summed E-state index contributed by atoms with van der Waals surface area (Å²) in [6.45, 7) is 2.11. The molecule has 3 rings (SSSR count). The summed E-state index contributed by atoms with van der Waals surface area (Å²) in [6, 6.07) is 12.4. The standard InChI is InChI=1S/C16H13Br2ClN2/c1-10-2-3-12(18)9-15(10)21-14-5-4-11(17)8-13(14)20-16(21)6-7-19/h2-5,8-9H,6-7H2,1H3. The lowest BCUT2D eigenvalue weighted by molar-refractivity contribution is 0.906. The smallest absolute Gasteiger partial charge is 0.115 e. The van der Waals surface area contributed by atoms with Crippen molar-refractivity contribution in [2.75, 3.05) is 5.88 Å². The zero-order chi connectivity index (χ0) is 15.0. The highest BCUT2D eigenvalue weighted by molar-refractivity contribution is 9.10. The molecule has 1 heterocycles. The van der Waals surface area contributed by atoms with Crippen LogP contribution in [0, 0.1) is 6.92 Å². The number of imidazole rings is 1. The molecule has 2 aromatic carbocycles. The summed E-state index contributed by atoms with van der Waals surface area (Å²) in [6.07, 6.45) is 0.736. The number of rotatable bonds is 3. The van der Waals surface area contributed by atoms with Crippen LogP contribution < -0.4 is 0 Å². The molecule has 0 unspecified atom stereocenters. The molecule has 0 aliphatic rings. The Hall–Kier alpha value is -0.840. The molecule has 0 aliphatic carbocycles. The van der Waals surface area contributed by atoms with Crippen LogP contribution in [-0.4, -0.2) is 15.4 Å². The van der Waals surface area contributed by atoms with Crippen molar-refractivity contribution in [3.63, 3.8) is 0 Å². The van der Waals surface area contributed by atoms with Crippen LogP contribution in [0.15, 0.2) is 45.3 Å². The van der Waals surface area contributed by atoms with Gasteiger partial charge in [-0.15, -0.1) is 11.6 Å². The number of hydrogen-bond donors (Lipinski definition) is 0. The first-order chi connectivity index (χ1) is 10.1. The maximum absolute atomic E-state index is 5.95. The molecule has 0 bridgehead atoms. The molecule has 108 valence electrons. The molecule has 5 heteroatoms. The molecule has 0 saturated heterocycles. The number of benzene rings is 2. The minimum atomic E-state index is 0.553. The lowest BCUT2D eigenvalue weighted by Gasteiger charge is -2.12. The summed E-state index contributed by atoms with van der Waals surface area (Å²) >= 11 is 13.0. The lowest BCUT2D eigenvalue weighted by Crippen LogP contribution is -2.04. The van der Waals surface area contributed by atoms with Crippen molar-refractivity contribution >= 4 is 54.5 Å². The summed E-state index contributed by atoms with van der Waals surface area (Å²) < 4.78 is 4.28. The van der Waals surface area contributed by atoms with Crippen molar-refractivity contribution in [1.29, 1.82) is 0 Å². The fraction of sp³-hybridized carbons (Fsp3) is 0.188. The van der Waals surface area contributed by atoms with E-state index in [0.29, 0.717) is 5.88 Å². The van der Waals surface area contributed by atoms with Crippen molar-refractivity contribution in [3.05, 3.63) is 56.7 Å². The lowest BCUT2D eigenvalue weighted by atomic mass is 10.2. The summed E-state index contributed by atoms with van der Waals surface area (Å²) in [5, 5.41) is 0. The number of halogens is 3. The van der Waals surface area contributed by atoms with Crippen molar-refractivity contribution < 1.29 is 0 Å². The summed E-state index contributed by atoms with van der Waals surface area (Å²) in [5.74, 6) is 1.54. The maximum Gasteiger partial charge on any atom is 0.115 e. The van der Waals surface area contributed by atoms with E-state index >= 15 is 0 Å². The topological polar surface area (TPSA) is 17.8 Å². The van der Waals surface area contributed by atoms with Crippen molar-refractivity contribution in [1.82, 2.24) is 9.55 Å². The van der Waals surface area contributed by atoms with E-state index in [2.05, 4.69) is 67.6 Å². The third-order valence-corrected chi connectivity index (χ3v) is 4.59. The van der Waals surface area contributed by atoms with Crippen LogP contribution in [0.4, 0.5) is 0 Å². The zero-order valence-electron chi connectivity index (χ0n) is 11.4. The Morgan fingerprint density at radius 1 is 1.10 bits per heavy atom. The van der Waals surface area contributed by atoms with Crippen LogP contribution >= 0.6 is 43.5 Å². The molecule has 0 spiro atoms. The molecule has 3 aromatic rings. The van der Waals surface area contributed by atoms with Gasteiger partial charge in [0.15, 0.2) is 0 Å². The van der Waals surface area contributed by atoms with E-state index in [1.807, 2.05) is 12.1 Å². The Bertz CT molecular complexity index is 811. The van der Waals surface area contributed by atoms with Gasteiger partial charge in [-0.1, -0.05) is 37.9 Å². The minimum Gasteiger partial charge on any atom is -0.296 e.